The molecule has 0 atom stereocenters. The summed E-state index contributed by atoms with van der Waals surface area (Å²) in [6, 6.07) is 16.1. The molecule has 2 saturated carbocycles. The zero-order valence-electron chi connectivity index (χ0n) is 20.0. The first-order valence-electron chi connectivity index (χ1n) is 12.4. The third-order valence-electron chi connectivity index (χ3n) is 7.21. The van der Waals surface area contributed by atoms with E-state index in [-0.39, 0.29) is 12.4 Å². The summed E-state index contributed by atoms with van der Waals surface area (Å²) in [7, 11) is 0. The summed E-state index contributed by atoms with van der Waals surface area (Å²) < 4.78 is 2.08. The summed E-state index contributed by atoms with van der Waals surface area (Å²) in [5, 5.41) is 23.5. The SMILES string of the molecule is Cl.N#Cc1ccnc(Nc2cc(C3CC3)cc(-c3ccc4c(c3)ncn4CC3(O)CCCCC3)n2)c1. The van der Waals surface area contributed by atoms with Crippen LogP contribution in [0, 0.1) is 11.3 Å². The van der Waals surface area contributed by atoms with Crippen LogP contribution in [0.1, 0.15) is 62.0 Å². The second-order valence-electron chi connectivity index (χ2n) is 9.97. The van der Waals surface area contributed by atoms with Crippen LogP contribution < -0.4 is 5.32 Å². The van der Waals surface area contributed by atoms with Crippen molar-refractivity contribution in [3.63, 3.8) is 0 Å². The molecule has 0 spiro atoms. The van der Waals surface area contributed by atoms with Crippen molar-refractivity contribution < 1.29 is 5.11 Å². The van der Waals surface area contributed by atoms with Crippen LogP contribution in [0.2, 0.25) is 0 Å². The van der Waals surface area contributed by atoms with E-state index in [0.29, 0.717) is 23.8 Å². The second-order valence-corrected chi connectivity index (χ2v) is 9.97. The van der Waals surface area contributed by atoms with E-state index in [0.717, 1.165) is 53.8 Å². The Morgan fingerprint density at radius 1 is 1.03 bits per heavy atom. The number of aliphatic hydroxyl groups is 1. The van der Waals surface area contributed by atoms with E-state index in [4.69, 9.17) is 4.98 Å². The van der Waals surface area contributed by atoms with Gasteiger partial charge in [-0.3, -0.25) is 0 Å². The minimum Gasteiger partial charge on any atom is -0.388 e. The summed E-state index contributed by atoms with van der Waals surface area (Å²) in [6.07, 6.45) is 10.9. The Kier molecular flexibility index (Phi) is 6.65. The highest BCUT2D eigenvalue weighted by molar-refractivity contribution is 5.85. The Morgan fingerprint density at radius 2 is 1.86 bits per heavy atom. The molecule has 36 heavy (non-hydrogen) atoms. The first kappa shape index (κ1) is 24.2. The summed E-state index contributed by atoms with van der Waals surface area (Å²) in [6.45, 7) is 0.584. The number of aromatic nitrogens is 4. The molecule has 0 bridgehead atoms. The number of anilines is 2. The third kappa shape index (κ3) is 5.06. The van der Waals surface area contributed by atoms with E-state index in [1.165, 1.54) is 24.8 Å². The number of imidazole rings is 1. The maximum absolute atomic E-state index is 11.0. The van der Waals surface area contributed by atoms with E-state index in [2.05, 4.69) is 56.3 Å². The first-order chi connectivity index (χ1) is 17.1. The van der Waals surface area contributed by atoms with Crippen LogP contribution in [0.15, 0.2) is 55.0 Å². The lowest BCUT2D eigenvalue weighted by atomic mass is 9.85. The smallest absolute Gasteiger partial charge is 0.132 e. The number of halogens is 1. The largest absolute Gasteiger partial charge is 0.388 e. The zero-order chi connectivity index (χ0) is 23.8. The summed E-state index contributed by atoms with van der Waals surface area (Å²) in [5.41, 5.74) is 5.00. The van der Waals surface area contributed by atoms with Gasteiger partial charge in [-0.15, -0.1) is 12.4 Å². The second kappa shape index (κ2) is 9.88. The van der Waals surface area contributed by atoms with E-state index in [1.54, 1.807) is 18.3 Å². The molecule has 6 rings (SSSR count). The van der Waals surface area contributed by atoms with E-state index in [1.807, 2.05) is 6.33 Å². The van der Waals surface area contributed by atoms with Gasteiger partial charge in [0.05, 0.1) is 46.8 Å². The molecular weight excluding hydrogens is 472 g/mol. The minimum atomic E-state index is -0.637. The average Bonchev–Trinajstić information content (AvgIpc) is 3.66. The van der Waals surface area contributed by atoms with Crippen molar-refractivity contribution in [3.8, 4) is 17.3 Å². The number of hydrogen-bond donors (Lipinski definition) is 2. The molecule has 1 aromatic carbocycles. The molecule has 3 heterocycles. The van der Waals surface area contributed by atoms with Crippen molar-refractivity contribution in [1.29, 1.82) is 5.26 Å². The fraction of sp³-hybridized carbons (Fsp3) is 0.357. The van der Waals surface area contributed by atoms with Crippen molar-refractivity contribution in [2.24, 2.45) is 0 Å². The predicted octanol–water partition coefficient (Wildman–Crippen LogP) is 6.10. The number of nitriles is 1. The normalized spacial score (nSPS) is 16.8. The molecule has 2 aliphatic carbocycles. The van der Waals surface area contributed by atoms with Gasteiger partial charge in [0.25, 0.3) is 0 Å². The van der Waals surface area contributed by atoms with E-state index < -0.39 is 5.60 Å². The standard InChI is InChI=1S/C28H28N6O.ClH/c29-16-19-8-11-30-26(12-19)33-27-15-22(20-4-5-20)14-23(32-27)21-6-7-25-24(13-21)31-18-34(25)17-28(35)9-2-1-3-10-28;/h6-8,11-15,18,20,35H,1-5,9-10,17H2,(H,30,32,33);1H. The number of fused-ring (bicyclic) bond motifs is 1. The lowest BCUT2D eigenvalue weighted by Crippen LogP contribution is -2.36. The summed E-state index contributed by atoms with van der Waals surface area (Å²) in [5.74, 6) is 1.89. The van der Waals surface area contributed by atoms with Gasteiger partial charge in [0, 0.05) is 11.8 Å². The minimum absolute atomic E-state index is 0. The van der Waals surface area contributed by atoms with Gasteiger partial charge in [-0.1, -0.05) is 25.3 Å². The fourth-order valence-corrected chi connectivity index (χ4v) is 5.15. The van der Waals surface area contributed by atoms with Crippen LogP contribution in [0.4, 0.5) is 11.6 Å². The molecule has 2 fully saturated rings. The maximum Gasteiger partial charge on any atom is 0.132 e. The topological polar surface area (TPSA) is 99.7 Å². The quantitative estimate of drug-likeness (QED) is 0.331. The van der Waals surface area contributed by atoms with Gasteiger partial charge in [-0.2, -0.15) is 5.26 Å². The Bertz CT molecular complexity index is 1430. The van der Waals surface area contributed by atoms with E-state index in [9.17, 15) is 10.4 Å². The molecule has 0 radical (unpaired) electrons. The molecule has 0 amide bonds. The zero-order valence-corrected chi connectivity index (χ0v) is 20.8. The molecule has 2 aliphatic rings. The van der Waals surface area contributed by atoms with Gasteiger partial charge < -0.3 is 15.0 Å². The number of nitrogens with one attached hydrogen (secondary N) is 1. The highest BCUT2D eigenvalue weighted by Gasteiger charge is 2.30. The van der Waals surface area contributed by atoms with Crippen molar-refractivity contribution in [2.45, 2.75) is 63.0 Å². The van der Waals surface area contributed by atoms with Crippen molar-refractivity contribution >= 4 is 35.1 Å². The molecule has 4 aromatic rings. The Balaban J connectivity index is 0.00000267. The predicted molar refractivity (Wildman–Crippen MR) is 142 cm³/mol. The molecule has 7 nitrogen and oxygen atoms in total. The monoisotopic (exact) mass is 500 g/mol. The Labute approximate surface area is 216 Å². The molecule has 0 aliphatic heterocycles. The average molecular weight is 501 g/mol. The summed E-state index contributed by atoms with van der Waals surface area (Å²) >= 11 is 0. The first-order valence-corrected chi connectivity index (χ1v) is 12.4. The van der Waals surface area contributed by atoms with Crippen LogP contribution in [0.5, 0.6) is 0 Å². The van der Waals surface area contributed by atoms with Crippen molar-refractivity contribution in [1.82, 2.24) is 19.5 Å². The lowest BCUT2D eigenvalue weighted by molar-refractivity contribution is -0.0105. The molecule has 2 N–H and O–H groups in total. The third-order valence-corrected chi connectivity index (χ3v) is 7.21. The Morgan fingerprint density at radius 3 is 2.64 bits per heavy atom. The van der Waals surface area contributed by atoms with Crippen molar-refractivity contribution in [2.75, 3.05) is 5.32 Å². The number of hydrogen-bond acceptors (Lipinski definition) is 6. The highest BCUT2D eigenvalue weighted by Crippen LogP contribution is 2.42. The molecule has 8 heteroatoms. The summed E-state index contributed by atoms with van der Waals surface area (Å²) in [4.78, 5) is 13.9. The molecular formula is C28H29ClN6O. The highest BCUT2D eigenvalue weighted by atomic mass is 35.5. The van der Waals surface area contributed by atoms with Gasteiger partial charge in [0.15, 0.2) is 0 Å². The maximum atomic E-state index is 11.0. The van der Waals surface area contributed by atoms with Gasteiger partial charge in [0.1, 0.15) is 11.6 Å². The van der Waals surface area contributed by atoms with Crippen LogP contribution in [0.3, 0.4) is 0 Å². The molecule has 0 unspecified atom stereocenters. The van der Waals surface area contributed by atoms with Gasteiger partial charge in [-0.05, 0) is 73.6 Å². The fourth-order valence-electron chi connectivity index (χ4n) is 5.15. The number of benzene rings is 1. The number of pyridine rings is 2. The Hall–Kier alpha value is -3.47. The molecule has 0 saturated heterocycles. The van der Waals surface area contributed by atoms with E-state index >= 15 is 0 Å². The van der Waals surface area contributed by atoms with Crippen LogP contribution in [-0.2, 0) is 6.54 Å². The van der Waals surface area contributed by atoms with Gasteiger partial charge in [-0.25, -0.2) is 15.0 Å². The van der Waals surface area contributed by atoms with Crippen LogP contribution in [-0.4, -0.2) is 30.2 Å². The van der Waals surface area contributed by atoms with Gasteiger partial charge in [0.2, 0.25) is 0 Å². The number of rotatable bonds is 6. The van der Waals surface area contributed by atoms with Crippen LogP contribution >= 0.6 is 12.4 Å². The molecule has 184 valence electrons. The lowest BCUT2D eigenvalue weighted by Gasteiger charge is -2.32. The molecule has 3 aromatic heterocycles. The number of nitrogens with zero attached hydrogens (tertiary/aromatic N) is 5. The van der Waals surface area contributed by atoms with Crippen molar-refractivity contribution in [3.05, 3.63) is 66.1 Å². The van der Waals surface area contributed by atoms with Crippen LogP contribution in [0.25, 0.3) is 22.3 Å². The van der Waals surface area contributed by atoms with Gasteiger partial charge >= 0.3 is 0 Å².